The van der Waals surface area contributed by atoms with Crippen LogP contribution in [0.2, 0.25) is 5.02 Å². The van der Waals surface area contributed by atoms with Crippen molar-refractivity contribution in [2.24, 2.45) is 5.73 Å². The number of halogens is 1. The predicted octanol–water partition coefficient (Wildman–Crippen LogP) is 1.62. The van der Waals surface area contributed by atoms with E-state index >= 15 is 0 Å². The van der Waals surface area contributed by atoms with E-state index in [1.807, 2.05) is 12.1 Å². The van der Waals surface area contributed by atoms with Crippen molar-refractivity contribution < 1.29 is 0 Å². The third kappa shape index (κ3) is 2.84. The first kappa shape index (κ1) is 12.9. The Morgan fingerprint density at radius 2 is 2.22 bits per heavy atom. The summed E-state index contributed by atoms with van der Waals surface area (Å²) in [5, 5.41) is 0.954. The molecule has 0 saturated carbocycles. The van der Waals surface area contributed by atoms with Crippen molar-refractivity contribution >= 4 is 29.2 Å². The average Bonchev–Trinajstić information content (AvgIpc) is 2.30. The molecule has 0 unspecified atom stereocenters. The Balaban J connectivity index is 2.42. The largest absolute Gasteiger partial charge is 0.383 e. The minimum absolute atomic E-state index is 0.169. The molecule has 2 rings (SSSR count). The summed E-state index contributed by atoms with van der Waals surface area (Å²) < 4.78 is 0. The van der Waals surface area contributed by atoms with Gasteiger partial charge in [0.1, 0.15) is 5.82 Å². The Hall–Kier alpha value is -1.50. The zero-order chi connectivity index (χ0) is 13.1. The second-order valence-electron chi connectivity index (χ2n) is 3.51. The zero-order valence-corrected chi connectivity index (χ0v) is 10.9. The van der Waals surface area contributed by atoms with E-state index in [4.69, 9.17) is 23.1 Å². The molecule has 0 spiro atoms. The summed E-state index contributed by atoms with van der Waals surface area (Å²) in [6.07, 6.45) is 0. The number of H-pyrrole nitrogens is 1. The highest BCUT2D eigenvalue weighted by molar-refractivity contribution is 7.99. The summed E-state index contributed by atoms with van der Waals surface area (Å²) in [4.78, 5) is 18.7. The van der Waals surface area contributed by atoms with E-state index in [2.05, 4.69) is 9.97 Å². The number of nitrogens with one attached hydrogen (secondary N) is 1. The van der Waals surface area contributed by atoms with Gasteiger partial charge in [0.2, 0.25) is 0 Å². The van der Waals surface area contributed by atoms with Gasteiger partial charge in [0, 0.05) is 17.5 Å². The van der Waals surface area contributed by atoms with Crippen molar-refractivity contribution in [3.8, 4) is 0 Å². The molecule has 2 aromatic rings. The molecule has 0 radical (unpaired) electrons. The van der Waals surface area contributed by atoms with Crippen LogP contribution in [0, 0.1) is 0 Å². The summed E-state index contributed by atoms with van der Waals surface area (Å²) >= 11 is 7.35. The minimum atomic E-state index is -0.300. The second-order valence-corrected chi connectivity index (χ2v) is 4.92. The molecule has 18 heavy (non-hydrogen) atoms. The van der Waals surface area contributed by atoms with Crippen LogP contribution in [0.1, 0.15) is 5.56 Å². The maximum absolute atomic E-state index is 11.3. The van der Waals surface area contributed by atoms with Gasteiger partial charge in [0.15, 0.2) is 5.16 Å². The summed E-state index contributed by atoms with van der Waals surface area (Å²) in [6.45, 7) is 0.357. The number of nitrogen functional groups attached to an aromatic ring is 1. The molecule has 7 heteroatoms. The number of nitrogens with zero attached hydrogens (tertiary/aromatic N) is 1. The molecule has 0 aliphatic heterocycles. The van der Waals surface area contributed by atoms with E-state index in [0.29, 0.717) is 16.7 Å². The van der Waals surface area contributed by atoms with Gasteiger partial charge in [0.25, 0.3) is 5.56 Å². The number of aromatic nitrogens is 2. The van der Waals surface area contributed by atoms with Gasteiger partial charge in [-0.15, -0.1) is 0 Å². The molecule has 0 amide bonds. The number of hydrogen-bond donors (Lipinski definition) is 3. The molecular weight excluding hydrogens is 272 g/mol. The van der Waals surface area contributed by atoms with Gasteiger partial charge in [0.05, 0.1) is 5.02 Å². The van der Waals surface area contributed by atoms with Crippen LogP contribution in [0.3, 0.4) is 0 Å². The average molecular weight is 283 g/mol. The lowest BCUT2D eigenvalue weighted by Gasteiger charge is -2.08. The van der Waals surface area contributed by atoms with Crippen LogP contribution in [0.25, 0.3) is 0 Å². The summed E-state index contributed by atoms with van der Waals surface area (Å²) in [5.74, 6) is 0.169. The lowest BCUT2D eigenvalue weighted by atomic mass is 10.2. The quantitative estimate of drug-likeness (QED) is 0.743. The van der Waals surface area contributed by atoms with E-state index < -0.39 is 0 Å². The van der Waals surface area contributed by atoms with Crippen molar-refractivity contribution in [1.29, 1.82) is 0 Å². The SMILES string of the molecule is NCc1cccc(Cl)c1Sc1nc(N)cc(=O)[nH]1. The zero-order valence-electron chi connectivity index (χ0n) is 9.31. The summed E-state index contributed by atoms with van der Waals surface area (Å²) in [6, 6.07) is 6.68. The minimum Gasteiger partial charge on any atom is -0.383 e. The van der Waals surface area contributed by atoms with Crippen LogP contribution in [0.5, 0.6) is 0 Å². The molecule has 94 valence electrons. The number of anilines is 1. The van der Waals surface area contributed by atoms with Crippen molar-refractivity contribution in [3.63, 3.8) is 0 Å². The van der Waals surface area contributed by atoms with Crippen LogP contribution in [0.4, 0.5) is 5.82 Å². The summed E-state index contributed by atoms with van der Waals surface area (Å²) in [5.41, 5.74) is 11.8. The Bertz CT molecular complexity index is 629. The topological polar surface area (TPSA) is 97.8 Å². The monoisotopic (exact) mass is 282 g/mol. The van der Waals surface area contributed by atoms with Gasteiger partial charge < -0.3 is 16.5 Å². The van der Waals surface area contributed by atoms with Gasteiger partial charge in [-0.2, -0.15) is 0 Å². The molecule has 0 saturated heterocycles. The van der Waals surface area contributed by atoms with E-state index in [-0.39, 0.29) is 11.4 Å². The molecule has 0 bridgehead atoms. The summed E-state index contributed by atoms with van der Waals surface area (Å²) in [7, 11) is 0. The van der Waals surface area contributed by atoms with Gasteiger partial charge in [-0.3, -0.25) is 4.79 Å². The Labute approximate surface area is 113 Å². The smallest absolute Gasteiger partial charge is 0.253 e. The highest BCUT2D eigenvalue weighted by atomic mass is 35.5. The van der Waals surface area contributed by atoms with E-state index in [1.165, 1.54) is 17.8 Å². The van der Waals surface area contributed by atoms with Crippen molar-refractivity contribution in [1.82, 2.24) is 9.97 Å². The fraction of sp³-hybridized carbons (Fsp3) is 0.0909. The lowest BCUT2D eigenvalue weighted by Crippen LogP contribution is -2.09. The molecule has 1 heterocycles. The first-order valence-electron chi connectivity index (χ1n) is 5.12. The number of rotatable bonds is 3. The van der Waals surface area contributed by atoms with Crippen molar-refractivity contribution in [2.45, 2.75) is 16.6 Å². The van der Waals surface area contributed by atoms with Crippen LogP contribution in [-0.2, 0) is 6.54 Å². The van der Waals surface area contributed by atoms with E-state index in [9.17, 15) is 4.79 Å². The standard InChI is InChI=1S/C11H11ClN4OS/c12-7-3-1-2-6(5-13)10(7)18-11-15-8(14)4-9(17)16-11/h1-4H,5,13H2,(H3,14,15,16,17). The maximum atomic E-state index is 11.3. The van der Waals surface area contributed by atoms with Gasteiger partial charge in [-0.05, 0) is 23.4 Å². The molecule has 0 atom stereocenters. The Morgan fingerprint density at radius 1 is 1.44 bits per heavy atom. The first-order chi connectivity index (χ1) is 8.60. The van der Waals surface area contributed by atoms with Crippen LogP contribution in [0.15, 0.2) is 39.1 Å². The molecular formula is C11H11ClN4OS. The Kier molecular flexibility index (Phi) is 3.90. The molecule has 5 N–H and O–H groups in total. The number of benzene rings is 1. The molecule has 0 fully saturated rings. The molecule has 0 aliphatic rings. The molecule has 0 aliphatic carbocycles. The molecule has 5 nitrogen and oxygen atoms in total. The predicted molar refractivity (Wildman–Crippen MR) is 72.7 cm³/mol. The third-order valence-corrected chi connectivity index (χ3v) is 3.71. The van der Waals surface area contributed by atoms with Crippen molar-refractivity contribution in [3.05, 3.63) is 45.2 Å². The van der Waals surface area contributed by atoms with Crippen LogP contribution in [-0.4, -0.2) is 9.97 Å². The molecule has 1 aromatic carbocycles. The van der Waals surface area contributed by atoms with E-state index in [1.54, 1.807) is 6.07 Å². The lowest BCUT2D eigenvalue weighted by molar-refractivity contribution is 0.941. The maximum Gasteiger partial charge on any atom is 0.253 e. The van der Waals surface area contributed by atoms with Crippen LogP contribution >= 0.6 is 23.4 Å². The van der Waals surface area contributed by atoms with Gasteiger partial charge >= 0.3 is 0 Å². The first-order valence-corrected chi connectivity index (χ1v) is 6.31. The second kappa shape index (κ2) is 5.43. The van der Waals surface area contributed by atoms with Crippen LogP contribution < -0.4 is 17.0 Å². The number of hydrogen-bond acceptors (Lipinski definition) is 5. The fourth-order valence-electron chi connectivity index (χ4n) is 1.43. The normalized spacial score (nSPS) is 10.6. The highest BCUT2D eigenvalue weighted by Crippen LogP contribution is 2.33. The third-order valence-electron chi connectivity index (χ3n) is 2.21. The fourth-order valence-corrected chi connectivity index (χ4v) is 2.68. The van der Waals surface area contributed by atoms with Crippen molar-refractivity contribution in [2.75, 3.05) is 5.73 Å². The Morgan fingerprint density at radius 3 is 2.89 bits per heavy atom. The number of nitrogens with two attached hydrogens (primary N) is 2. The molecule has 1 aromatic heterocycles. The van der Waals surface area contributed by atoms with E-state index in [0.717, 1.165) is 10.5 Å². The van der Waals surface area contributed by atoms with Gasteiger partial charge in [-0.1, -0.05) is 23.7 Å². The van der Waals surface area contributed by atoms with Gasteiger partial charge in [-0.25, -0.2) is 4.98 Å². The number of aromatic amines is 1. The highest BCUT2D eigenvalue weighted by Gasteiger charge is 2.10.